The number of hydrogen-bond acceptors (Lipinski definition) is 5. The van der Waals surface area contributed by atoms with E-state index >= 15 is 0 Å². The second-order valence-electron chi connectivity index (χ2n) is 7.81. The second-order valence-corrected chi connectivity index (χ2v) is 8.21. The smallest absolute Gasteiger partial charge is 0.241 e. The molecule has 28 heavy (non-hydrogen) atoms. The Morgan fingerprint density at radius 2 is 1.89 bits per heavy atom. The molecule has 1 aromatic heterocycles. The molecular weight excluding hydrogens is 376 g/mol. The van der Waals surface area contributed by atoms with Gasteiger partial charge in [-0.05, 0) is 44.4 Å². The molecule has 150 valence electrons. The van der Waals surface area contributed by atoms with Crippen LogP contribution < -0.4 is 0 Å². The molecule has 0 radical (unpaired) electrons. The summed E-state index contributed by atoms with van der Waals surface area (Å²) in [5.41, 5.74) is 0.770. The number of piperidine rings is 1. The molecule has 0 bridgehead atoms. The highest BCUT2D eigenvalue weighted by Crippen LogP contribution is 2.26. The van der Waals surface area contributed by atoms with E-state index in [2.05, 4.69) is 19.9 Å². The largest absolute Gasteiger partial charge is 0.342 e. The van der Waals surface area contributed by atoms with E-state index in [1.165, 1.54) is 12.8 Å². The Labute approximate surface area is 170 Å². The van der Waals surface area contributed by atoms with Gasteiger partial charge in [-0.15, -0.1) is 0 Å². The number of aromatic nitrogens is 2. The van der Waals surface area contributed by atoms with Crippen molar-refractivity contribution in [1.82, 2.24) is 19.9 Å². The second kappa shape index (κ2) is 9.05. The van der Waals surface area contributed by atoms with Crippen molar-refractivity contribution in [3.63, 3.8) is 0 Å². The van der Waals surface area contributed by atoms with Crippen molar-refractivity contribution in [2.75, 3.05) is 26.2 Å². The number of likely N-dealkylation sites (tertiary alicyclic amines) is 2. The summed E-state index contributed by atoms with van der Waals surface area (Å²) in [5, 5.41) is 4.69. The van der Waals surface area contributed by atoms with Gasteiger partial charge in [0.25, 0.3) is 0 Å². The number of benzene rings is 1. The van der Waals surface area contributed by atoms with Crippen molar-refractivity contribution in [1.29, 1.82) is 0 Å². The summed E-state index contributed by atoms with van der Waals surface area (Å²) in [4.78, 5) is 21.8. The van der Waals surface area contributed by atoms with Crippen LogP contribution in [0.3, 0.4) is 0 Å². The van der Waals surface area contributed by atoms with Crippen molar-refractivity contribution < 1.29 is 9.32 Å². The lowest BCUT2D eigenvalue weighted by Crippen LogP contribution is -2.44. The molecule has 0 aliphatic carbocycles. The summed E-state index contributed by atoms with van der Waals surface area (Å²) in [6, 6.07) is 7.48. The van der Waals surface area contributed by atoms with Gasteiger partial charge < -0.3 is 9.42 Å². The van der Waals surface area contributed by atoms with Gasteiger partial charge in [0.15, 0.2) is 0 Å². The Morgan fingerprint density at radius 3 is 2.68 bits per heavy atom. The van der Waals surface area contributed by atoms with Gasteiger partial charge in [0.2, 0.25) is 17.6 Å². The van der Waals surface area contributed by atoms with Crippen LogP contribution in [0.15, 0.2) is 28.8 Å². The summed E-state index contributed by atoms with van der Waals surface area (Å²) < 4.78 is 5.45. The molecule has 0 saturated carbocycles. The topological polar surface area (TPSA) is 62.5 Å². The zero-order chi connectivity index (χ0) is 19.3. The van der Waals surface area contributed by atoms with Gasteiger partial charge in [-0.1, -0.05) is 41.7 Å². The minimum absolute atomic E-state index is 0.0813. The molecule has 0 spiro atoms. The molecule has 1 atom stereocenters. The fourth-order valence-electron chi connectivity index (χ4n) is 4.21. The lowest BCUT2D eigenvalue weighted by atomic mass is 9.96. The first-order valence-corrected chi connectivity index (χ1v) is 10.7. The maximum Gasteiger partial charge on any atom is 0.241 e. The van der Waals surface area contributed by atoms with Crippen molar-refractivity contribution in [3.8, 4) is 11.4 Å². The first-order chi connectivity index (χ1) is 13.7. The van der Waals surface area contributed by atoms with Crippen molar-refractivity contribution in [2.45, 2.75) is 45.1 Å². The van der Waals surface area contributed by atoms with Gasteiger partial charge in [-0.2, -0.15) is 4.98 Å². The number of amides is 1. The molecular formula is C21H27ClN4O2. The third-order valence-corrected chi connectivity index (χ3v) is 6.04. The lowest BCUT2D eigenvalue weighted by molar-refractivity contribution is -0.137. The molecule has 0 N–H and O–H groups in total. The monoisotopic (exact) mass is 402 g/mol. The Bertz CT molecular complexity index is 801. The third kappa shape index (κ3) is 4.55. The number of carbonyl (C=O) groups excluding carboxylic acids is 1. The van der Waals surface area contributed by atoms with E-state index in [4.69, 9.17) is 16.1 Å². The summed E-state index contributed by atoms with van der Waals surface area (Å²) in [6.07, 6.45) is 6.75. The number of rotatable bonds is 4. The van der Waals surface area contributed by atoms with Crippen LogP contribution in [0, 0.1) is 5.92 Å². The van der Waals surface area contributed by atoms with Crippen LogP contribution in [0.4, 0.5) is 0 Å². The van der Waals surface area contributed by atoms with Crippen LogP contribution in [0.25, 0.3) is 11.4 Å². The Kier molecular flexibility index (Phi) is 6.27. The van der Waals surface area contributed by atoms with E-state index in [0.717, 1.165) is 57.4 Å². The summed E-state index contributed by atoms with van der Waals surface area (Å²) in [5.74, 6) is 1.49. The summed E-state index contributed by atoms with van der Waals surface area (Å²) in [7, 11) is 0. The van der Waals surface area contributed by atoms with Crippen molar-refractivity contribution >= 4 is 17.5 Å². The Balaban J connectivity index is 1.38. The molecule has 7 heteroatoms. The van der Waals surface area contributed by atoms with E-state index in [1.807, 2.05) is 24.3 Å². The molecule has 2 saturated heterocycles. The van der Waals surface area contributed by atoms with Crippen molar-refractivity contribution in [2.24, 2.45) is 5.92 Å². The number of nitrogens with zero attached hydrogens (tertiary/aromatic N) is 4. The van der Waals surface area contributed by atoms with E-state index in [-0.39, 0.29) is 5.92 Å². The molecule has 2 aromatic rings. The summed E-state index contributed by atoms with van der Waals surface area (Å²) >= 11 is 6.23. The molecule has 4 rings (SSSR count). The fourth-order valence-corrected chi connectivity index (χ4v) is 4.43. The van der Waals surface area contributed by atoms with E-state index in [1.54, 1.807) is 0 Å². The lowest BCUT2D eigenvalue weighted by Gasteiger charge is -2.34. The summed E-state index contributed by atoms with van der Waals surface area (Å²) in [6.45, 7) is 4.12. The molecule has 1 aromatic carbocycles. The maximum atomic E-state index is 13.0. The molecule has 2 aliphatic rings. The standard InChI is InChI=1S/C21H27ClN4O2/c22-18-10-4-3-9-17(18)20-23-19(28-24-20)15-25-11-7-8-16(14-25)21(27)26-12-5-1-2-6-13-26/h3-4,9-10,16H,1-2,5-8,11-15H2. The van der Waals surface area contributed by atoms with Crippen LogP contribution in [-0.4, -0.2) is 52.0 Å². The fraction of sp³-hybridized carbons (Fsp3) is 0.571. The highest BCUT2D eigenvalue weighted by atomic mass is 35.5. The van der Waals surface area contributed by atoms with Crippen LogP contribution in [0.1, 0.15) is 44.4 Å². The Morgan fingerprint density at radius 1 is 1.11 bits per heavy atom. The van der Waals surface area contributed by atoms with Gasteiger partial charge in [-0.25, -0.2) is 0 Å². The van der Waals surface area contributed by atoms with Crippen LogP contribution >= 0.6 is 11.6 Å². The maximum absolute atomic E-state index is 13.0. The normalized spacial score (nSPS) is 21.5. The number of carbonyl (C=O) groups is 1. The molecule has 6 nitrogen and oxygen atoms in total. The van der Waals surface area contributed by atoms with Crippen LogP contribution in [0.5, 0.6) is 0 Å². The predicted octanol–water partition coefficient (Wildman–Crippen LogP) is 4.00. The van der Waals surface area contributed by atoms with Crippen LogP contribution in [0.2, 0.25) is 5.02 Å². The number of hydrogen-bond donors (Lipinski definition) is 0. The highest BCUT2D eigenvalue weighted by Gasteiger charge is 2.30. The van der Waals surface area contributed by atoms with E-state index in [0.29, 0.717) is 29.2 Å². The average molecular weight is 403 g/mol. The number of halogens is 1. The first kappa shape index (κ1) is 19.4. The Hall–Kier alpha value is -1.92. The zero-order valence-electron chi connectivity index (χ0n) is 16.1. The SMILES string of the molecule is O=C(C1CCCN(Cc2nc(-c3ccccc3Cl)no2)C1)N1CCCCCC1. The van der Waals surface area contributed by atoms with Gasteiger partial charge >= 0.3 is 0 Å². The minimum Gasteiger partial charge on any atom is -0.342 e. The van der Waals surface area contributed by atoms with Crippen LogP contribution in [-0.2, 0) is 11.3 Å². The quantitative estimate of drug-likeness (QED) is 0.773. The molecule has 3 heterocycles. The zero-order valence-corrected chi connectivity index (χ0v) is 16.9. The van der Waals surface area contributed by atoms with Gasteiger partial charge in [0.05, 0.1) is 17.5 Å². The predicted molar refractivity (Wildman–Crippen MR) is 108 cm³/mol. The molecule has 2 aliphatic heterocycles. The first-order valence-electron chi connectivity index (χ1n) is 10.3. The van der Waals surface area contributed by atoms with E-state index in [9.17, 15) is 4.79 Å². The molecule has 2 fully saturated rings. The van der Waals surface area contributed by atoms with Gasteiger partial charge in [-0.3, -0.25) is 9.69 Å². The average Bonchev–Trinajstić information content (AvgIpc) is 3.00. The molecule has 1 amide bonds. The van der Waals surface area contributed by atoms with Gasteiger partial charge in [0, 0.05) is 25.2 Å². The van der Waals surface area contributed by atoms with Crippen molar-refractivity contribution in [3.05, 3.63) is 35.2 Å². The molecule has 1 unspecified atom stereocenters. The van der Waals surface area contributed by atoms with E-state index < -0.39 is 0 Å². The third-order valence-electron chi connectivity index (χ3n) is 5.71. The highest BCUT2D eigenvalue weighted by molar-refractivity contribution is 6.33. The minimum atomic E-state index is 0.0813. The van der Waals surface area contributed by atoms with Gasteiger partial charge in [0.1, 0.15) is 0 Å².